The number of rotatable bonds is 0. The molecule has 341 valence electrons. The van der Waals surface area contributed by atoms with Gasteiger partial charge < -0.3 is 24.8 Å². The van der Waals surface area contributed by atoms with Gasteiger partial charge in [0.2, 0.25) is 0 Å². The van der Waals surface area contributed by atoms with Gasteiger partial charge in [-0.3, -0.25) is 0 Å². The molecule has 0 spiro atoms. The Hall–Kier alpha value is -1.50. The van der Waals surface area contributed by atoms with Crippen molar-refractivity contribution in [2.75, 3.05) is 26.4 Å². The Kier molecular flexibility index (Phi) is 22.7. The first-order valence-corrected chi connectivity index (χ1v) is 21.7. The van der Waals surface area contributed by atoms with E-state index in [4.69, 9.17) is 9.47 Å². The molecular formula is C53H85O5Yb. The Balaban J connectivity index is 0.000000755. The van der Waals surface area contributed by atoms with E-state index in [0.717, 1.165) is 59.8 Å². The number of hydrogen-bond acceptors (Lipinski definition) is 5. The second-order valence-electron chi connectivity index (χ2n) is 22.7. The summed E-state index contributed by atoms with van der Waals surface area (Å²) in [6.45, 7) is 47.8. The van der Waals surface area contributed by atoms with Gasteiger partial charge >= 0.3 is 46.9 Å². The molecule has 1 radical (unpaired) electrons. The van der Waals surface area contributed by atoms with Crippen molar-refractivity contribution in [1.29, 1.82) is 0 Å². The van der Waals surface area contributed by atoms with Crippen molar-refractivity contribution in [2.45, 2.75) is 204 Å². The summed E-state index contributed by atoms with van der Waals surface area (Å²) < 4.78 is 9.89. The number of hydrogen-bond donors (Lipinski definition) is 0. The van der Waals surface area contributed by atoms with E-state index in [2.05, 4.69) is 145 Å². The van der Waals surface area contributed by atoms with Crippen LogP contribution in [0, 0.1) is 67.7 Å². The van der Waals surface area contributed by atoms with Crippen molar-refractivity contribution >= 4 is 0 Å². The molecule has 0 saturated carbocycles. The summed E-state index contributed by atoms with van der Waals surface area (Å²) in [4.78, 5) is 0. The van der Waals surface area contributed by atoms with Gasteiger partial charge in [-0.2, -0.15) is 0 Å². The van der Waals surface area contributed by atoms with E-state index < -0.39 is 0 Å². The molecule has 2 saturated heterocycles. The molecule has 0 bridgehead atoms. The molecule has 5 rings (SSSR count). The Labute approximate surface area is 402 Å². The van der Waals surface area contributed by atoms with Crippen LogP contribution in [0.2, 0.25) is 0 Å². The fourth-order valence-electron chi connectivity index (χ4n) is 6.68. The van der Waals surface area contributed by atoms with E-state index in [1.54, 1.807) is 0 Å². The van der Waals surface area contributed by atoms with Crippen molar-refractivity contribution in [1.82, 2.24) is 0 Å². The second-order valence-corrected chi connectivity index (χ2v) is 22.7. The maximum atomic E-state index is 12.4. The molecule has 0 amide bonds. The van der Waals surface area contributed by atoms with Crippen LogP contribution in [-0.2, 0) is 42.0 Å². The van der Waals surface area contributed by atoms with Crippen LogP contribution in [0.1, 0.15) is 200 Å². The second kappa shape index (κ2) is 23.3. The quantitative estimate of drug-likeness (QED) is 0.224. The molecule has 59 heavy (non-hydrogen) atoms. The van der Waals surface area contributed by atoms with Crippen LogP contribution in [0.25, 0.3) is 0 Å². The summed E-state index contributed by atoms with van der Waals surface area (Å²) in [5, 5.41) is 37.2. The third kappa shape index (κ3) is 19.6. The molecule has 5 nitrogen and oxygen atoms in total. The summed E-state index contributed by atoms with van der Waals surface area (Å²) in [7, 11) is 0. The maximum absolute atomic E-state index is 12.4. The van der Waals surface area contributed by atoms with Crippen molar-refractivity contribution in [2.24, 2.45) is 0 Å². The van der Waals surface area contributed by atoms with E-state index in [1.807, 2.05) is 36.4 Å². The first-order valence-electron chi connectivity index (χ1n) is 21.7. The zero-order valence-corrected chi connectivity index (χ0v) is 43.1. The first-order chi connectivity index (χ1) is 26.1. The predicted octanol–water partition coefficient (Wildman–Crippen LogP) is 12.6. The van der Waals surface area contributed by atoms with Crippen molar-refractivity contribution in [3.05, 3.63) is 86.5 Å². The van der Waals surface area contributed by atoms with Crippen LogP contribution in [0.15, 0.2) is 36.4 Å². The van der Waals surface area contributed by atoms with Crippen LogP contribution in [0.4, 0.5) is 0 Å². The average Bonchev–Trinajstić information content (AvgIpc) is 3.82. The molecular weight excluding hydrogens is 890 g/mol. The van der Waals surface area contributed by atoms with E-state index in [9.17, 15) is 15.3 Å². The average molecular weight is 975 g/mol. The standard InChI is InChI=1S/3C15H24O.2C4H8O.Yb/c3*1-10-8-11(14(2,3)4)13(16)12(9-10)15(5,6)7;2*1-2-4-5-3-1;/h3*8-9,16H,1-7H3;2*1-4H2;/q;;;;;+3/p-3. The fourth-order valence-corrected chi connectivity index (χ4v) is 6.68. The maximum Gasteiger partial charge on any atom is 3.00 e. The van der Waals surface area contributed by atoms with Gasteiger partial charge in [-0.15, -0.1) is 17.2 Å². The van der Waals surface area contributed by atoms with E-state index in [-0.39, 0.29) is 96.7 Å². The van der Waals surface area contributed by atoms with Gasteiger partial charge in [0.15, 0.2) is 0 Å². The fraction of sp³-hybridized carbons (Fsp3) is 0.660. The van der Waals surface area contributed by atoms with Gasteiger partial charge in [-0.1, -0.05) is 178 Å². The minimum absolute atomic E-state index is 0. The van der Waals surface area contributed by atoms with Crippen LogP contribution in [-0.4, -0.2) is 26.4 Å². The predicted molar refractivity (Wildman–Crippen MR) is 244 cm³/mol. The Morgan fingerprint density at radius 3 is 0.542 bits per heavy atom. The minimum atomic E-state index is -0.0803. The molecule has 2 heterocycles. The summed E-state index contributed by atoms with van der Waals surface area (Å²) in [5.41, 5.74) is 8.61. The van der Waals surface area contributed by atoms with Gasteiger partial charge in [0.25, 0.3) is 0 Å². The summed E-state index contributed by atoms with van der Waals surface area (Å²) in [5.74, 6) is 0.641. The Morgan fingerprint density at radius 2 is 0.458 bits per heavy atom. The molecule has 2 aliphatic heterocycles. The van der Waals surface area contributed by atoms with E-state index >= 15 is 0 Å². The normalized spacial score (nSPS) is 14.6. The summed E-state index contributed by atoms with van der Waals surface area (Å²) in [6, 6.07) is 12.2. The van der Waals surface area contributed by atoms with Crippen LogP contribution < -0.4 is 15.3 Å². The molecule has 0 unspecified atom stereocenters. The molecule has 3 aromatic carbocycles. The third-order valence-corrected chi connectivity index (χ3v) is 10.2. The van der Waals surface area contributed by atoms with Crippen LogP contribution >= 0.6 is 0 Å². The van der Waals surface area contributed by atoms with E-state index in [1.165, 1.54) is 42.4 Å². The van der Waals surface area contributed by atoms with Crippen LogP contribution in [0.5, 0.6) is 17.2 Å². The molecule has 0 aromatic heterocycles. The molecule has 0 atom stereocenters. The van der Waals surface area contributed by atoms with Gasteiger partial charge in [0.05, 0.1) is 0 Å². The SMILES string of the molecule is C1CCOC1.C1CCOC1.Cc1cc(C(C)(C)C)c([O-])c(C(C)(C)C)c1.Cc1cc(C(C)(C)C)c([O-])c(C(C)(C)C)c1.Cc1cc(C(C)(C)C)c([O-])c(C(C)(C)C)c1.[Yb+3]. The van der Waals surface area contributed by atoms with Crippen LogP contribution in [0.3, 0.4) is 0 Å². The molecule has 3 aromatic rings. The topological polar surface area (TPSA) is 87.6 Å². The third-order valence-electron chi connectivity index (χ3n) is 10.2. The molecule has 2 fully saturated rings. The number of benzene rings is 3. The molecule has 0 aliphatic carbocycles. The Morgan fingerprint density at radius 1 is 0.322 bits per heavy atom. The van der Waals surface area contributed by atoms with Crippen molar-refractivity contribution in [3.63, 3.8) is 0 Å². The van der Waals surface area contributed by atoms with Gasteiger partial charge in [0, 0.05) is 26.4 Å². The largest absolute Gasteiger partial charge is 3.00 e. The van der Waals surface area contributed by atoms with Gasteiger partial charge in [-0.25, -0.2) is 0 Å². The monoisotopic (exact) mass is 976 g/mol. The summed E-state index contributed by atoms with van der Waals surface area (Å²) in [6.07, 6.45) is 5.11. The summed E-state index contributed by atoms with van der Waals surface area (Å²) >= 11 is 0. The number of aryl methyl sites for hydroxylation is 3. The molecule has 0 N–H and O–H groups in total. The van der Waals surface area contributed by atoms with E-state index in [0.29, 0.717) is 0 Å². The van der Waals surface area contributed by atoms with Crippen molar-refractivity contribution < 1.29 is 71.7 Å². The van der Waals surface area contributed by atoms with Gasteiger partial charge in [-0.05, 0) is 112 Å². The van der Waals surface area contributed by atoms with Gasteiger partial charge in [0.1, 0.15) is 0 Å². The Bertz CT molecular complexity index is 1400. The smallest absolute Gasteiger partial charge is 0.872 e. The minimum Gasteiger partial charge on any atom is -0.872 e. The number of ether oxygens (including phenoxy) is 2. The first kappa shape index (κ1) is 57.5. The zero-order valence-electron chi connectivity index (χ0n) is 41.4. The zero-order chi connectivity index (χ0) is 45.2. The molecule has 6 heteroatoms. The van der Waals surface area contributed by atoms with Crippen molar-refractivity contribution in [3.8, 4) is 17.2 Å². The molecule has 2 aliphatic rings.